The number of fused-ring (bicyclic) bond motifs is 1. The standard InChI is InChI=1S/C44H45N.C2H6/c1-30-17-9-6-14-22-38(29-30)33(4)43(37-27-25-31(2)32(3)26-28-37)45-44-34(5)41(35-18-10-7-11-19-35)39-23-15-16-24-40(39)42(44)36-20-12-8-13-21-36;1-2/h7-8,10-16,18-31,34H,6,9,17H2,1-5H3;1-2H3/b22-14-,38-29+,43-33+,45-44?;. The lowest BCUT2D eigenvalue weighted by atomic mass is 9.78. The molecule has 3 aromatic rings. The third-order valence-corrected chi connectivity index (χ3v) is 9.63. The molecule has 6 rings (SSSR count). The molecule has 1 heteroatoms. The number of nitrogens with zero attached hydrogens (tertiary/aromatic N) is 1. The van der Waals surface area contributed by atoms with Gasteiger partial charge in [-0.05, 0) is 83.2 Å². The van der Waals surface area contributed by atoms with Crippen LogP contribution in [0.1, 0.15) is 78.9 Å². The van der Waals surface area contributed by atoms with Crippen molar-refractivity contribution in [3.63, 3.8) is 0 Å². The van der Waals surface area contributed by atoms with Gasteiger partial charge in [0.25, 0.3) is 0 Å². The summed E-state index contributed by atoms with van der Waals surface area (Å²) >= 11 is 0. The van der Waals surface area contributed by atoms with Gasteiger partial charge in [-0.25, -0.2) is 0 Å². The normalized spacial score (nSPS) is 24.2. The molecule has 3 aliphatic carbocycles. The molecule has 0 saturated carbocycles. The average Bonchev–Trinajstić information content (AvgIpc) is 3.26. The fourth-order valence-electron chi connectivity index (χ4n) is 6.82. The maximum absolute atomic E-state index is 5.83. The van der Waals surface area contributed by atoms with Crippen molar-refractivity contribution in [2.75, 3.05) is 0 Å². The minimum absolute atomic E-state index is 0.0765. The third-order valence-electron chi connectivity index (χ3n) is 9.63. The smallest absolute Gasteiger partial charge is 0.0740 e. The van der Waals surface area contributed by atoms with Crippen LogP contribution in [0, 0.1) is 17.8 Å². The largest absolute Gasteiger partial charge is 0.251 e. The molecule has 1 nitrogen and oxygen atoms in total. The van der Waals surface area contributed by atoms with E-state index >= 15 is 0 Å². The maximum atomic E-state index is 5.83. The van der Waals surface area contributed by atoms with E-state index in [1.807, 2.05) is 13.8 Å². The van der Waals surface area contributed by atoms with Crippen molar-refractivity contribution in [2.24, 2.45) is 22.7 Å². The summed E-state index contributed by atoms with van der Waals surface area (Å²) in [5, 5.41) is 2.53. The zero-order chi connectivity index (χ0) is 33.3. The lowest BCUT2D eigenvalue weighted by Crippen LogP contribution is -2.40. The summed E-state index contributed by atoms with van der Waals surface area (Å²) in [5.74, 6) is 0.991. The van der Waals surface area contributed by atoms with Crippen molar-refractivity contribution >= 4 is 16.9 Å². The van der Waals surface area contributed by atoms with E-state index in [0.29, 0.717) is 11.8 Å². The Labute approximate surface area is 283 Å². The van der Waals surface area contributed by atoms with Gasteiger partial charge in [-0.1, -0.05) is 168 Å². The highest BCUT2D eigenvalue weighted by atomic mass is 14.8. The number of aliphatic imine (C=N–C) groups is 1. The van der Waals surface area contributed by atoms with E-state index < -0.39 is 0 Å². The van der Waals surface area contributed by atoms with Crippen molar-refractivity contribution in [3.05, 3.63) is 177 Å². The Morgan fingerprint density at radius 3 is 2.06 bits per heavy atom. The Hall–Kier alpha value is -4.49. The fourth-order valence-corrected chi connectivity index (χ4v) is 6.82. The molecule has 0 radical (unpaired) electrons. The van der Waals surface area contributed by atoms with E-state index in [1.54, 1.807) is 0 Å². The first-order valence-corrected chi connectivity index (χ1v) is 17.6. The first kappa shape index (κ1) is 33.9. The van der Waals surface area contributed by atoms with Gasteiger partial charge >= 0.3 is 0 Å². The second kappa shape index (κ2) is 15.9. The van der Waals surface area contributed by atoms with Gasteiger partial charge in [0.1, 0.15) is 0 Å². The van der Waals surface area contributed by atoms with E-state index in [2.05, 4.69) is 162 Å². The second-order valence-corrected chi connectivity index (χ2v) is 12.9. The predicted molar refractivity (Wildman–Crippen MR) is 205 cm³/mol. The molecule has 0 N–H and O–H groups in total. The van der Waals surface area contributed by atoms with E-state index in [0.717, 1.165) is 23.4 Å². The van der Waals surface area contributed by atoms with Crippen LogP contribution in [0.2, 0.25) is 0 Å². The van der Waals surface area contributed by atoms with Crippen molar-refractivity contribution in [1.29, 1.82) is 0 Å². The van der Waals surface area contributed by atoms with Crippen molar-refractivity contribution in [2.45, 2.75) is 67.7 Å². The van der Waals surface area contributed by atoms with Crippen molar-refractivity contribution in [3.8, 4) is 0 Å². The monoisotopic (exact) mass is 617 g/mol. The Bertz CT molecular complexity index is 1900. The van der Waals surface area contributed by atoms with Crippen LogP contribution in [-0.2, 0) is 0 Å². The number of hydrogen-bond acceptors (Lipinski definition) is 1. The van der Waals surface area contributed by atoms with Gasteiger partial charge in [0.05, 0.1) is 11.4 Å². The maximum Gasteiger partial charge on any atom is 0.0740 e. The molecule has 0 saturated heterocycles. The summed E-state index contributed by atoms with van der Waals surface area (Å²) in [5.41, 5.74) is 12.2. The van der Waals surface area contributed by atoms with E-state index in [1.165, 1.54) is 62.3 Å². The molecular formula is C46H51N. The average molecular weight is 618 g/mol. The van der Waals surface area contributed by atoms with Crippen LogP contribution in [0.3, 0.4) is 0 Å². The summed E-state index contributed by atoms with van der Waals surface area (Å²) in [6.07, 6.45) is 19.9. The highest BCUT2D eigenvalue weighted by molar-refractivity contribution is 6.28. The highest BCUT2D eigenvalue weighted by Crippen LogP contribution is 2.35. The Morgan fingerprint density at radius 1 is 0.723 bits per heavy atom. The van der Waals surface area contributed by atoms with Gasteiger partial charge in [-0.2, -0.15) is 0 Å². The molecule has 3 atom stereocenters. The Kier molecular flexibility index (Phi) is 11.4. The van der Waals surface area contributed by atoms with Gasteiger partial charge in [0.15, 0.2) is 0 Å². The van der Waals surface area contributed by atoms with Crippen LogP contribution in [0.4, 0.5) is 0 Å². The van der Waals surface area contributed by atoms with Crippen molar-refractivity contribution in [1.82, 2.24) is 0 Å². The number of hydrogen-bond donors (Lipinski definition) is 0. The molecule has 3 aliphatic rings. The summed E-state index contributed by atoms with van der Waals surface area (Å²) in [6.45, 7) is 15.5. The van der Waals surface area contributed by atoms with Gasteiger partial charge < -0.3 is 0 Å². The molecule has 0 aliphatic heterocycles. The summed E-state index contributed by atoms with van der Waals surface area (Å²) in [6, 6.07) is 30.6. The molecule has 3 aromatic carbocycles. The van der Waals surface area contributed by atoms with Crippen LogP contribution in [0.15, 0.2) is 160 Å². The molecule has 0 aromatic heterocycles. The minimum atomic E-state index is 0.0765. The summed E-state index contributed by atoms with van der Waals surface area (Å²) in [7, 11) is 0. The Balaban J connectivity index is 0.00000213. The zero-order valence-corrected chi connectivity index (χ0v) is 29.4. The fraction of sp³-hybridized carbons (Fsp3) is 0.283. The SMILES string of the molecule is CC.CC1=CC=C(\C(N=C2C(c3ccccc3)=c3ccccc3=C(c3ccccc3)C2C)=C(C)/C2=C/C(C)CCC/C=C\2)C=CC1C. The van der Waals surface area contributed by atoms with Gasteiger partial charge in [0.2, 0.25) is 0 Å². The molecular weight excluding hydrogens is 567 g/mol. The molecule has 0 heterocycles. The molecule has 240 valence electrons. The third kappa shape index (κ3) is 7.57. The number of rotatable bonds is 5. The van der Waals surface area contributed by atoms with E-state index in [9.17, 15) is 0 Å². The first-order valence-electron chi connectivity index (χ1n) is 17.6. The number of allylic oxidation sites excluding steroid dienone is 10. The molecule has 47 heavy (non-hydrogen) atoms. The molecule has 0 fully saturated rings. The highest BCUT2D eigenvalue weighted by Gasteiger charge is 2.28. The lowest BCUT2D eigenvalue weighted by molar-refractivity contribution is 0.606. The first-order chi connectivity index (χ1) is 22.9. The lowest BCUT2D eigenvalue weighted by Gasteiger charge is -2.27. The van der Waals surface area contributed by atoms with Gasteiger partial charge in [-0.3, -0.25) is 4.99 Å². The van der Waals surface area contributed by atoms with E-state index in [-0.39, 0.29) is 5.92 Å². The number of benzene rings is 3. The van der Waals surface area contributed by atoms with E-state index in [4.69, 9.17) is 4.99 Å². The van der Waals surface area contributed by atoms with Crippen LogP contribution < -0.4 is 10.4 Å². The quantitative estimate of drug-likeness (QED) is 0.270. The topological polar surface area (TPSA) is 12.4 Å². The van der Waals surface area contributed by atoms with Gasteiger partial charge in [0, 0.05) is 17.1 Å². The molecule has 0 amide bonds. The zero-order valence-electron chi connectivity index (χ0n) is 29.4. The Morgan fingerprint density at radius 2 is 1.36 bits per heavy atom. The second-order valence-electron chi connectivity index (χ2n) is 12.9. The van der Waals surface area contributed by atoms with Crippen LogP contribution in [-0.4, -0.2) is 5.71 Å². The van der Waals surface area contributed by atoms with Gasteiger partial charge in [-0.15, -0.1) is 0 Å². The minimum Gasteiger partial charge on any atom is -0.251 e. The molecule has 0 spiro atoms. The summed E-state index contributed by atoms with van der Waals surface area (Å²) < 4.78 is 0. The predicted octanol–water partition coefficient (Wildman–Crippen LogP) is 10.9. The molecule has 0 bridgehead atoms. The summed E-state index contributed by atoms with van der Waals surface area (Å²) in [4.78, 5) is 5.83. The van der Waals surface area contributed by atoms with Crippen molar-refractivity contribution < 1.29 is 0 Å². The van der Waals surface area contributed by atoms with Crippen LogP contribution in [0.25, 0.3) is 11.1 Å². The van der Waals surface area contributed by atoms with Crippen LogP contribution in [0.5, 0.6) is 0 Å². The van der Waals surface area contributed by atoms with Crippen LogP contribution >= 0.6 is 0 Å². The molecule has 3 unspecified atom stereocenters.